The van der Waals surface area contributed by atoms with Crippen LogP contribution in [0.5, 0.6) is 0 Å². The van der Waals surface area contributed by atoms with E-state index < -0.39 is 43.3 Å². The fraction of sp³-hybridized carbons (Fsp3) is 0.259. The predicted octanol–water partition coefficient (Wildman–Crippen LogP) is 2.53. The lowest BCUT2D eigenvalue weighted by Crippen LogP contribution is -2.16. The van der Waals surface area contributed by atoms with Crippen LogP contribution in [0.25, 0.3) is 0 Å². The van der Waals surface area contributed by atoms with Gasteiger partial charge in [0, 0.05) is 6.42 Å². The van der Waals surface area contributed by atoms with Gasteiger partial charge in [0.15, 0.2) is 0 Å². The largest absolute Gasteiger partial charge is 0.543 e. The second-order valence-corrected chi connectivity index (χ2v) is 12.2. The van der Waals surface area contributed by atoms with Gasteiger partial charge in [0.25, 0.3) is 0 Å². The van der Waals surface area contributed by atoms with E-state index in [4.69, 9.17) is 0 Å². The van der Waals surface area contributed by atoms with Crippen LogP contribution in [0.15, 0.2) is 71.1 Å². The van der Waals surface area contributed by atoms with E-state index >= 15 is 0 Å². The third-order valence-corrected chi connectivity index (χ3v) is 8.95. The van der Waals surface area contributed by atoms with Crippen molar-refractivity contribution in [3.8, 4) is 0 Å². The molecular weight excluding hydrogens is 572 g/mol. The SMILES string of the molecule is CC(C)=C[SiH2]c1ccc(C(=O)OOOC(=O)OCCCOC(=O)OOOC(=O)c2ccc([SiH2]C=C(C)C)cc2)cc1. The van der Waals surface area contributed by atoms with E-state index in [1.165, 1.54) is 11.1 Å². The molecule has 0 unspecified atom stereocenters. The Bertz CT molecular complexity index is 1120. The van der Waals surface area contributed by atoms with Crippen molar-refractivity contribution in [3.05, 3.63) is 82.2 Å². The van der Waals surface area contributed by atoms with Crippen LogP contribution in [-0.2, 0) is 39.1 Å². The standard InChI is InChI=1S/C27H32O12Si2/c1-18(2)16-40-22-10-6-20(7-11-22)24(28)34-38-36-26(30)32-14-5-15-33-27(31)37-39-35-25(29)21-8-12-23(13-9-21)41-17-19(3)4/h6-13,16-17H,5,14-15,40-41H2,1-4H3. The summed E-state index contributed by atoms with van der Waals surface area (Å²) >= 11 is 0. The van der Waals surface area contributed by atoms with Gasteiger partial charge in [0.2, 0.25) is 0 Å². The Labute approximate surface area is 241 Å². The van der Waals surface area contributed by atoms with Crippen molar-refractivity contribution in [3.63, 3.8) is 0 Å². The van der Waals surface area contributed by atoms with Gasteiger partial charge in [-0.1, -0.05) is 57.2 Å². The summed E-state index contributed by atoms with van der Waals surface area (Å²) in [6.45, 7) is 7.64. The summed E-state index contributed by atoms with van der Waals surface area (Å²) in [5, 5.41) is 10.6. The first kappa shape index (κ1) is 33.0. The van der Waals surface area contributed by atoms with Crippen molar-refractivity contribution in [2.24, 2.45) is 0 Å². The van der Waals surface area contributed by atoms with E-state index in [2.05, 4.69) is 50.5 Å². The summed E-state index contributed by atoms with van der Waals surface area (Å²) in [5.41, 5.74) is 7.29. The number of hydrogen-bond donors (Lipinski definition) is 0. The molecule has 14 heteroatoms. The van der Waals surface area contributed by atoms with E-state index in [0.717, 1.165) is 10.4 Å². The Morgan fingerprint density at radius 2 is 0.951 bits per heavy atom. The van der Waals surface area contributed by atoms with Gasteiger partial charge in [-0.15, -0.1) is 0 Å². The quantitative estimate of drug-likeness (QED) is 0.103. The van der Waals surface area contributed by atoms with Crippen LogP contribution in [-0.4, -0.2) is 56.5 Å². The summed E-state index contributed by atoms with van der Waals surface area (Å²) < 4.78 is 9.32. The molecule has 0 N–H and O–H groups in total. The number of rotatable bonds is 14. The molecule has 2 aromatic carbocycles. The number of allylic oxidation sites excluding steroid dienone is 2. The monoisotopic (exact) mass is 604 g/mol. The van der Waals surface area contributed by atoms with Crippen molar-refractivity contribution < 1.29 is 58.3 Å². The Morgan fingerprint density at radius 1 is 0.585 bits per heavy atom. The maximum Gasteiger partial charge on any atom is 0.543 e. The van der Waals surface area contributed by atoms with Gasteiger partial charge in [0.1, 0.15) is 0 Å². The molecule has 0 aliphatic heterocycles. The third kappa shape index (κ3) is 14.1. The summed E-state index contributed by atoms with van der Waals surface area (Å²) in [7, 11) is -1.11. The Balaban J connectivity index is 1.52. The number of hydrogen-bond acceptors (Lipinski definition) is 12. The molecule has 41 heavy (non-hydrogen) atoms. The van der Waals surface area contributed by atoms with Crippen molar-refractivity contribution >= 4 is 53.7 Å². The minimum atomic E-state index is -1.29. The zero-order chi connectivity index (χ0) is 30.0. The maximum absolute atomic E-state index is 11.9. The molecule has 0 radical (unpaired) electrons. The van der Waals surface area contributed by atoms with Crippen molar-refractivity contribution in [2.45, 2.75) is 34.1 Å². The number of carbonyl (C=O) groups is 4. The molecule has 0 saturated heterocycles. The minimum absolute atomic E-state index is 0.0502. The molecule has 0 heterocycles. The molecule has 0 atom stereocenters. The number of ether oxygens (including phenoxy) is 2. The van der Waals surface area contributed by atoms with E-state index in [1.807, 2.05) is 52.0 Å². The first-order valence-corrected chi connectivity index (χ1v) is 15.6. The molecule has 0 bridgehead atoms. The van der Waals surface area contributed by atoms with Gasteiger partial charge in [-0.05, 0) is 52.0 Å². The molecule has 0 spiro atoms. The van der Waals surface area contributed by atoms with E-state index in [0.29, 0.717) is 0 Å². The van der Waals surface area contributed by atoms with E-state index in [9.17, 15) is 19.2 Å². The van der Waals surface area contributed by atoms with Crippen LogP contribution < -0.4 is 10.4 Å². The van der Waals surface area contributed by atoms with E-state index in [1.54, 1.807) is 24.3 Å². The lowest BCUT2D eigenvalue weighted by Gasteiger charge is -2.06. The summed E-state index contributed by atoms with van der Waals surface area (Å²) in [6.07, 6.45) is -2.52. The molecular formula is C27H32O12Si2. The first-order valence-electron chi connectivity index (χ1n) is 12.5. The van der Waals surface area contributed by atoms with Crippen LogP contribution in [0.4, 0.5) is 9.59 Å². The molecule has 12 nitrogen and oxygen atoms in total. The second-order valence-electron chi connectivity index (χ2n) is 8.96. The van der Waals surface area contributed by atoms with Gasteiger partial charge in [-0.3, -0.25) is 9.78 Å². The molecule has 0 fully saturated rings. The highest BCUT2D eigenvalue weighted by molar-refractivity contribution is 6.59. The molecule has 2 aromatic rings. The minimum Gasteiger partial charge on any atom is -0.432 e. The van der Waals surface area contributed by atoms with E-state index in [-0.39, 0.29) is 30.8 Å². The molecule has 0 aliphatic carbocycles. The van der Waals surface area contributed by atoms with Gasteiger partial charge in [0.05, 0.1) is 53.5 Å². The molecule has 2 rings (SSSR count). The van der Waals surface area contributed by atoms with Gasteiger partial charge in [-0.2, -0.15) is 0 Å². The van der Waals surface area contributed by atoms with Crippen LogP contribution >= 0.6 is 0 Å². The van der Waals surface area contributed by atoms with Crippen molar-refractivity contribution in [1.82, 2.24) is 0 Å². The molecule has 0 saturated carbocycles. The summed E-state index contributed by atoms with van der Waals surface area (Å²) in [6, 6.07) is 13.6. The second kappa shape index (κ2) is 18.2. The fourth-order valence-electron chi connectivity index (χ4n) is 2.86. The Morgan fingerprint density at radius 3 is 1.29 bits per heavy atom. The smallest absolute Gasteiger partial charge is 0.432 e. The maximum atomic E-state index is 11.9. The number of benzene rings is 2. The average Bonchev–Trinajstić information content (AvgIpc) is 2.95. The van der Waals surface area contributed by atoms with Gasteiger partial charge < -0.3 is 9.47 Å². The first-order chi connectivity index (χ1) is 19.6. The zero-order valence-electron chi connectivity index (χ0n) is 23.2. The lowest BCUT2D eigenvalue weighted by atomic mass is 10.2. The highest BCUT2D eigenvalue weighted by Crippen LogP contribution is 2.03. The summed E-state index contributed by atoms with van der Waals surface area (Å²) in [5.74, 6) is -1.72. The number of carbonyl (C=O) groups excluding carboxylic acids is 4. The highest BCUT2D eigenvalue weighted by atomic mass is 28.2. The predicted molar refractivity (Wildman–Crippen MR) is 151 cm³/mol. The fourth-order valence-corrected chi connectivity index (χ4v) is 5.17. The third-order valence-electron chi connectivity index (χ3n) is 5.02. The molecule has 0 amide bonds. The lowest BCUT2D eigenvalue weighted by molar-refractivity contribution is -0.452. The van der Waals surface area contributed by atoms with Crippen LogP contribution in [0.3, 0.4) is 0 Å². The Kier molecular flexibility index (Phi) is 14.6. The van der Waals surface area contributed by atoms with Crippen LogP contribution in [0.2, 0.25) is 0 Å². The highest BCUT2D eigenvalue weighted by Gasteiger charge is 2.14. The Hall–Kier alpha value is -4.25. The summed E-state index contributed by atoms with van der Waals surface area (Å²) in [4.78, 5) is 64.0. The molecule has 220 valence electrons. The zero-order valence-corrected chi connectivity index (χ0v) is 26.0. The van der Waals surface area contributed by atoms with Crippen LogP contribution in [0, 0.1) is 0 Å². The molecule has 0 aromatic heterocycles. The van der Waals surface area contributed by atoms with Crippen molar-refractivity contribution in [1.29, 1.82) is 0 Å². The van der Waals surface area contributed by atoms with Gasteiger partial charge >= 0.3 is 24.2 Å². The van der Waals surface area contributed by atoms with Crippen LogP contribution in [0.1, 0.15) is 54.8 Å². The normalized spacial score (nSPS) is 10.6. The van der Waals surface area contributed by atoms with Gasteiger partial charge in [-0.25, -0.2) is 29.0 Å². The molecule has 0 aliphatic rings. The topological polar surface area (TPSA) is 142 Å². The average molecular weight is 605 g/mol. The van der Waals surface area contributed by atoms with Crippen molar-refractivity contribution in [2.75, 3.05) is 13.2 Å².